The molecular formula is C15H30IN3O2. The van der Waals surface area contributed by atoms with Crippen molar-refractivity contribution < 1.29 is 9.53 Å². The number of halogens is 1. The second-order valence-electron chi connectivity index (χ2n) is 5.49. The molecule has 1 aliphatic rings. The molecule has 0 heterocycles. The number of guanidine groups is 1. The lowest BCUT2D eigenvalue weighted by Gasteiger charge is -2.23. The van der Waals surface area contributed by atoms with Crippen LogP contribution in [0.1, 0.15) is 64.2 Å². The van der Waals surface area contributed by atoms with E-state index in [1.807, 2.05) is 0 Å². The first-order chi connectivity index (χ1) is 9.72. The lowest BCUT2D eigenvalue weighted by atomic mass is 9.96. The second-order valence-corrected chi connectivity index (χ2v) is 5.49. The average molecular weight is 411 g/mol. The minimum Gasteiger partial charge on any atom is -0.469 e. The van der Waals surface area contributed by atoms with Crippen LogP contribution >= 0.6 is 24.0 Å². The molecule has 0 aromatic rings. The molecule has 124 valence electrons. The summed E-state index contributed by atoms with van der Waals surface area (Å²) in [6.45, 7) is 0.768. The van der Waals surface area contributed by atoms with Crippen LogP contribution in [0, 0.1) is 0 Å². The highest BCUT2D eigenvalue weighted by molar-refractivity contribution is 14.0. The summed E-state index contributed by atoms with van der Waals surface area (Å²) in [7, 11) is 1.43. The molecule has 21 heavy (non-hydrogen) atoms. The van der Waals surface area contributed by atoms with Crippen LogP contribution in [0.5, 0.6) is 0 Å². The van der Waals surface area contributed by atoms with E-state index in [1.54, 1.807) is 0 Å². The van der Waals surface area contributed by atoms with Crippen LogP contribution in [0.3, 0.4) is 0 Å². The van der Waals surface area contributed by atoms with E-state index in [2.05, 4.69) is 15.0 Å². The number of aliphatic imine (C=N–C) groups is 1. The maximum Gasteiger partial charge on any atom is 0.305 e. The summed E-state index contributed by atoms with van der Waals surface area (Å²) in [4.78, 5) is 15.3. The topological polar surface area (TPSA) is 76.7 Å². The van der Waals surface area contributed by atoms with Crippen LogP contribution in [-0.2, 0) is 9.53 Å². The Hall–Kier alpha value is -0.530. The maximum absolute atomic E-state index is 10.9. The van der Waals surface area contributed by atoms with Gasteiger partial charge in [0, 0.05) is 19.0 Å². The smallest absolute Gasteiger partial charge is 0.305 e. The summed E-state index contributed by atoms with van der Waals surface area (Å²) in [5.74, 6) is 0.468. The fourth-order valence-corrected chi connectivity index (χ4v) is 2.54. The maximum atomic E-state index is 10.9. The number of methoxy groups -OCH3 is 1. The summed E-state index contributed by atoms with van der Waals surface area (Å²) in [6, 6.07) is 0.521. The Morgan fingerprint density at radius 3 is 2.52 bits per heavy atom. The predicted molar refractivity (Wildman–Crippen MR) is 97.0 cm³/mol. The quantitative estimate of drug-likeness (QED) is 0.212. The van der Waals surface area contributed by atoms with Gasteiger partial charge in [-0.3, -0.25) is 9.79 Å². The van der Waals surface area contributed by atoms with Crippen molar-refractivity contribution in [3.05, 3.63) is 0 Å². The number of hydrogen-bond acceptors (Lipinski definition) is 3. The molecule has 0 aromatic heterocycles. The third-order valence-electron chi connectivity index (χ3n) is 3.76. The number of nitrogens with two attached hydrogens (primary N) is 1. The van der Waals surface area contributed by atoms with Gasteiger partial charge in [-0.05, 0) is 25.7 Å². The van der Waals surface area contributed by atoms with Crippen molar-refractivity contribution in [3.8, 4) is 0 Å². The average Bonchev–Trinajstić information content (AvgIpc) is 2.47. The van der Waals surface area contributed by atoms with E-state index in [0.29, 0.717) is 18.4 Å². The number of hydrogen-bond donors (Lipinski definition) is 2. The van der Waals surface area contributed by atoms with Gasteiger partial charge in [0.1, 0.15) is 0 Å². The van der Waals surface area contributed by atoms with Gasteiger partial charge < -0.3 is 15.8 Å². The Morgan fingerprint density at radius 2 is 1.86 bits per heavy atom. The van der Waals surface area contributed by atoms with Gasteiger partial charge in [-0.1, -0.05) is 32.1 Å². The fourth-order valence-electron chi connectivity index (χ4n) is 2.54. The summed E-state index contributed by atoms with van der Waals surface area (Å²) < 4.78 is 4.60. The van der Waals surface area contributed by atoms with Gasteiger partial charge in [-0.25, -0.2) is 0 Å². The first-order valence-corrected chi connectivity index (χ1v) is 7.85. The third kappa shape index (κ3) is 10.8. The number of rotatable bonds is 8. The van der Waals surface area contributed by atoms with Gasteiger partial charge in [0.15, 0.2) is 5.96 Å². The predicted octanol–water partition coefficient (Wildman–Crippen LogP) is 2.96. The Morgan fingerprint density at radius 1 is 1.19 bits per heavy atom. The van der Waals surface area contributed by atoms with E-state index < -0.39 is 0 Å². The molecule has 6 heteroatoms. The Bertz CT molecular complexity index is 305. The Labute approximate surface area is 145 Å². The highest BCUT2D eigenvalue weighted by Gasteiger charge is 2.12. The molecular weight excluding hydrogens is 381 g/mol. The van der Waals surface area contributed by atoms with E-state index in [1.165, 1.54) is 39.2 Å². The van der Waals surface area contributed by atoms with E-state index >= 15 is 0 Å². The molecule has 0 unspecified atom stereocenters. The molecule has 1 saturated carbocycles. The Balaban J connectivity index is 0.00000400. The first kappa shape index (κ1) is 20.5. The molecule has 3 N–H and O–H groups in total. The van der Waals surface area contributed by atoms with Crippen LogP contribution < -0.4 is 11.1 Å². The number of nitrogens with zero attached hydrogens (tertiary/aromatic N) is 1. The number of unbranched alkanes of at least 4 members (excludes halogenated alkanes) is 3. The largest absolute Gasteiger partial charge is 0.469 e. The number of carbonyl (C=O) groups excluding carboxylic acids is 1. The zero-order chi connectivity index (χ0) is 14.6. The minimum absolute atomic E-state index is 0. The highest BCUT2D eigenvalue weighted by atomic mass is 127. The van der Waals surface area contributed by atoms with Crippen LogP contribution in [0.25, 0.3) is 0 Å². The normalized spacial score (nSPS) is 16.1. The lowest BCUT2D eigenvalue weighted by Crippen LogP contribution is -2.41. The lowest BCUT2D eigenvalue weighted by molar-refractivity contribution is -0.140. The van der Waals surface area contributed by atoms with Crippen molar-refractivity contribution in [3.63, 3.8) is 0 Å². The molecule has 0 saturated heterocycles. The van der Waals surface area contributed by atoms with E-state index in [-0.39, 0.29) is 29.9 Å². The van der Waals surface area contributed by atoms with Crippen molar-refractivity contribution in [2.45, 2.75) is 70.3 Å². The van der Waals surface area contributed by atoms with Crippen molar-refractivity contribution >= 4 is 35.9 Å². The van der Waals surface area contributed by atoms with E-state index in [4.69, 9.17) is 5.73 Å². The summed E-state index contributed by atoms with van der Waals surface area (Å²) >= 11 is 0. The zero-order valence-corrected chi connectivity index (χ0v) is 15.4. The minimum atomic E-state index is -0.121. The number of nitrogens with one attached hydrogen (secondary N) is 1. The highest BCUT2D eigenvalue weighted by Crippen LogP contribution is 2.17. The monoisotopic (exact) mass is 411 g/mol. The van der Waals surface area contributed by atoms with Crippen LogP contribution in [-0.4, -0.2) is 31.6 Å². The molecule has 0 spiro atoms. The zero-order valence-electron chi connectivity index (χ0n) is 13.1. The van der Waals surface area contributed by atoms with Gasteiger partial charge in [0.05, 0.1) is 7.11 Å². The summed E-state index contributed by atoms with van der Waals surface area (Å²) in [5, 5.41) is 3.31. The molecule has 0 bridgehead atoms. The molecule has 0 atom stereocenters. The van der Waals surface area contributed by atoms with Crippen molar-refractivity contribution in [2.24, 2.45) is 10.7 Å². The van der Waals surface area contributed by atoms with Crippen molar-refractivity contribution in [1.82, 2.24) is 5.32 Å². The summed E-state index contributed by atoms with van der Waals surface area (Å²) in [5.41, 5.74) is 5.88. The Kier molecular flexibility index (Phi) is 12.8. The van der Waals surface area contributed by atoms with Gasteiger partial charge >= 0.3 is 5.97 Å². The van der Waals surface area contributed by atoms with Gasteiger partial charge in [0.25, 0.3) is 0 Å². The molecule has 0 aliphatic heterocycles. The molecule has 0 aromatic carbocycles. The van der Waals surface area contributed by atoms with Crippen LogP contribution in [0.4, 0.5) is 0 Å². The number of esters is 1. The van der Waals surface area contributed by atoms with E-state index in [0.717, 1.165) is 32.2 Å². The van der Waals surface area contributed by atoms with Gasteiger partial charge in [-0.15, -0.1) is 24.0 Å². The van der Waals surface area contributed by atoms with E-state index in [9.17, 15) is 4.79 Å². The van der Waals surface area contributed by atoms with Crippen LogP contribution in [0.2, 0.25) is 0 Å². The second kappa shape index (κ2) is 13.2. The van der Waals surface area contributed by atoms with Crippen molar-refractivity contribution in [1.29, 1.82) is 0 Å². The first-order valence-electron chi connectivity index (χ1n) is 7.85. The molecule has 5 nitrogen and oxygen atoms in total. The van der Waals surface area contributed by atoms with Gasteiger partial charge in [-0.2, -0.15) is 0 Å². The van der Waals surface area contributed by atoms with Crippen molar-refractivity contribution in [2.75, 3.05) is 13.7 Å². The third-order valence-corrected chi connectivity index (χ3v) is 3.76. The van der Waals surface area contributed by atoms with Crippen LogP contribution in [0.15, 0.2) is 4.99 Å². The fraction of sp³-hybridized carbons (Fsp3) is 0.867. The number of ether oxygens (including phenoxy) is 1. The SMILES string of the molecule is COC(=O)CCCCCCN=C(N)NC1CCCCC1.I. The molecule has 1 fully saturated rings. The number of carbonyl (C=O) groups is 1. The molecule has 1 rings (SSSR count). The standard InChI is InChI=1S/C15H29N3O2.HI/c1-20-14(19)11-7-2-3-8-12-17-15(16)18-13-9-5-4-6-10-13;/h13H,2-12H2,1H3,(H3,16,17,18);1H. The summed E-state index contributed by atoms with van der Waals surface area (Å²) in [6.07, 6.45) is 10.9. The molecule has 1 aliphatic carbocycles. The molecule has 0 radical (unpaired) electrons. The molecule has 0 amide bonds. The van der Waals surface area contributed by atoms with Gasteiger partial charge in [0.2, 0.25) is 0 Å².